The van der Waals surface area contributed by atoms with Crippen LogP contribution in [0.5, 0.6) is 0 Å². The standard InChI is InChI=1S/C36H65NO9S.CO2/c1-35(2,3)31(39)19-13-9-7-11-15-26-47-27-16-12-8-10-14-20-32(40)37-30(34(43)46-36(4,5)6)22-21-29(38)18-17-23-44-24-25-45-28-33(41)42;2-1-3/h30H,7-28H2,1-6H3,(H,37,40)(H,41,42);. The predicted molar refractivity (Wildman–Crippen MR) is 193 cm³/mol. The largest absolute Gasteiger partial charge is 0.480 e. The summed E-state index contributed by atoms with van der Waals surface area (Å²) >= 11 is 2.01. The van der Waals surface area contributed by atoms with E-state index in [1.807, 2.05) is 32.5 Å². The van der Waals surface area contributed by atoms with Gasteiger partial charge >= 0.3 is 18.1 Å². The molecule has 0 fully saturated rings. The van der Waals surface area contributed by atoms with Crippen molar-refractivity contribution in [1.82, 2.24) is 5.32 Å². The van der Waals surface area contributed by atoms with Crippen molar-refractivity contribution in [2.24, 2.45) is 5.41 Å². The second-order valence-corrected chi connectivity index (χ2v) is 15.5. The minimum absolute atomic E-state index is 0.0301. The van der Waals surface area contributed by atoms with Crippen molar-refractivity contribution in [3.05, 3.63) is 0 Å². The molecular formula is C37H65NO11S. The first kappa shape index (κ1) is 49.5. The van der Waals surface area contributed by atoms with Crippen molar-refractivity contribution in [2.75, 3.05) is 37.9 Å². The zero-order valence-corrected chi connectivity index (χ0v) is 32.4. The number of esters is 1. The van der Waals surface area contributed by atoms with E-state index in [0.29, 0.717) is 31.7 Å². The van der Waals surface area contributed by atoms with E-state index >= 15 is 0 Å². The molecule has 0 aromatic heterocycles. The van der Waals surface area contributed by atoms with Crippen LogP contribution in [-0.2, 0) is 47.8 Å². The lowest BCUT2D eigenvalue weighted by Gasteiger charge is -2.24. The number of carboxylic acid groups (broad SMARTS) is 1. The number of ketones is 2. The van der Waals surface area contributed by atoms with Crippen LogP contribution in [-0.4, -0.2) is 90.2 Å². The number of thioether (sulfide) groups is 1. The van der Waals surface area contributed by atoms with Crippen LogP contribution >= 0.6 is 11.8 Å². The number of amides is 1. The highest BCUT2D eigenvalue weighted by atomic mass is 32.2. The Kier molecular flexibility index (Phi) is 30.9. The lowest BCUT2D eigenvalue weighted by Crippen LogP contribution is -2.44. The zero-order chi connectivity index (χ0) is 38.3. The van der Waals surface area contributed by atoms with Crippen LogP contribution in [0.4, 0.5) is 0 Å². The van der Waals surface area contributed by atoms with Gasteiger partial charge in [-0.05, 0) is 70.8 Å². The van der Waals surface area contributed by atoms with E-state index < -0.39 is 23.6 Å². The summed E-state index contributed by atoms with van der Waals surface area (Å²) in [5.41, 5.74) is -0.921. The second-order valence-electron chi connectivity index (χ2n) is 14.3. The smallest absolute Gasteiger partial charge is 0.373 e. The maximum atomic E-state index is 12.8. The molecule has 0 heterocycles. The summed E-state index contributed by atoms with van der Waals surface area (Å²) in [5, 5.41) is 11.3. The number of carboxylic acids is 1. The Morgan fingerprint density at radius 2 is 1.20 bits per heavy atom. The Balaban J connectivity index is 0. The average molecular weight is 732 g/mol. The number of hydrogen-bond acceptors (Lipinski definition) is 11. The maximum absolute atomic E-state index is 12.8. The van der Waals surface area contributed by atoms with Gasteiger partial charge in [-0.25, -0.2) is 9.59 Å². The van der Waals surface area contributed by atoms with Crippen LogP contribution in [0.15, 0.2) is 0 Å². The third-order valence-corrected chi connectivity index (χ3v) is 8.46. The summed E-state index contributed by atoms with van der Waals surface area (Å²) < 4.78 is 15.7. The van der Waals surface area contributed by atoms with Crippen LogP contribution in [0.2, 0.25) is 0 Å². The molecule has 13 heteroatoms. The molecule has 0 aromatic rings. The molecule has 1 atom stereocenters. The van der Waals surface area contributed by atoms with Crippen LogP contribution in [0.1, 0.15) is 144 Å². The number of carbonyl (C=O) groups excluding carboxylic acids is 6. The quantitative estimate of drug-likeness (QED) is 0.0605. The summed E-state index contributed by atoms with van der Waals surface area (Å²) in [6, 6.07) is -0.872. The molecule has 0 aliphatic carbocycles. The molecule has 0 rings (SSSR count). The molecule has 0 saturated heterocycles. The fraction of sp³-hybridized carbons (Fsp3) is 0.838. The summed E-state index contributed by atoms with van der Waals surface area (Å²) in [6.07, 6.45) is 13.3. The molecule has 1 unspecified atom stereocenters. The van der Waals surface area contributed by atoms with Gasteiger partial charge in [-0.2, -0.15) is 21.4 Å². The van der Waals surface area contributed by atoms with Crippen molar-refractivity contribution < 1.29 is 52.9 Å². The van der Waals surface area contributed by atoms with Gasteiger partial charge in [0.1, 0.15) is 29.8 Å². The summed E-state index contributed by atoms with van der Waals surface area (Å²) in [4.78, 5) is 76.4. The molecule has 50 heavy (non-hydrogen) atoms. The minimum Gasteiger partial charge on any atom is -0.480 e. The Labute approximate surface area is 304 Å². The van der Waals surface area contributed by atoms with E-state index in [1.54, 1.807) is 20.8 Å². The Morgan fingerprint density at radius 3 is 1.74 bits per heavy atom. The first-order chi connectivity index (χ1) is 23.5. The van der Waals surface area contributed by atoms with Crippen molar-refractivity contribution in [3.8, 4) is 0 Å². The molecule has 290 valence electrons. The lowest BCUT2D eigenvalue weighted by atomic mass is 9.88. The first-order valence-corrected chi connectivity index (χ1v) is 19.2. The molecule has 0 bridgehead atoms. The molecule has 0 aliphatic rings. The van der Waals surface area contributed by atoms with Crippen molar-refractivity contribution in [1.29, 1.82) is 0 Å². The number of aliphatic carboxylic acids is 1. The van der Waals surface area contributed by atoms with Gasteiger partial charge in [-0.1, -0.05) is 59.3 Å². The average Bonchev–Trinajstić information content (AvgIpc) is 3.01. The fourth-order valence-corrected chi connectivity index (χ4v) is 5.61. The second kappa shape index (κ2) is 31.2. The number of unbranched alkanes of at least 4 members (excludes halogenated alkanes) is 8. The fourth-order valence-electron chi connectivity index (χ4n) is 4.59. The third kappa shape index (κ3) is 35.2. The van der Waals surface area contributed by atoms with Gasteiger partial charge in [0.15, 0.2) is 0 Å². The van der Waals surface area contributed by atoms with Crippen LogP contribution < -0.4 is 5.32 Å². The summed E-state index contributed by atoms with van der Waals surface area (Å²) in [5.74, 6) is 0.904. The molecule has 1 amide bonds. The molecule has 0 aliphatic heterocycles. The number of Topliss-reactive ketones (excluding diaryl/α,β-unsaturated/α-hetero) is 2. The Morgan fingerprint density at radius 1 is 0.680 bits per heavy atom. The van der Waals surface area contributed by atoms with Gasteiger partial charge in [0.05, 0.1) is 13.2 Å². The Bertz CT molecular complexity index is 983. The number of ether oxygens (including phenoxy) is 3. The van der Waals surface area contributed by atoms with E-state index in [2.05, 4.69) is 5.32 Å². The van der Waals surface area contributed by atoms with Crippen molar-refractivity contribution in [3.63, 3.8) is 0 Å². The van der Waals surface area contributed by atoms with Gasteiger partial charge in [-0.3, -0.25) is 14.4 Å². The monoisotopic (exact) mass is 731 g/mol. The van der Waals surface area contributed by atoms with Gasteiger partial charge in [0.25, 0.3) is 0 Å². The molecule has 0 spiro atoms. The zero-order valence-electron chi connectivity index (χ0n) is 31.6. The number of hydrogen-bond donors (Lipinski definition) is 2. The summed E-state index contributed by atoms with van der Waals surface area (Å²) in [6.45, 7) is 11.7. The minimum atomic E-state index is -1.04. The highest BCUT2D eigenvalue weighted by Gasteiger charge is 2.27. The van der Waals surface area contributed by atoms with Crippen LogP contribution in [0.25, 0.3) is 0 Å². The SMILES string of the molecule is CC(C)(C)OC(=O)C(CCC(=O)CCCOCCOCC(=O)O)NC(=O)CCCCCCCSCCCCCCCC(=O)C(C)(C)C.O=C=O. The molecular weight excluding hydrogens is 666 g/mol. The topological polar surface area (TPSA) is 179 Å². The van der Waals surface area contributed by atoms with Gasteiger partial charge in [0.2, 0.25) is 5.91 Å². The molecule has 2 N–H and O–H groups in total. The van der Waals surface area contributed by atoms with E-state index in [4.69, 9.17) is 28.9 Å². The maximum Gasteiger partial charge on any atom is 0.373 e. The molecule has 0 saturated carbocycles. The number of carbonyl (C=O) groups is 5. The molecule has 12 nitrogen and oxygen atoms in total. The van der Waals surface area contributed by atoms with E-state index in [-0.39, 0.29) is 62.3 Å². The highest BCUT2D eigenvalue weighted by Crippen LogP contribution is 2.19. The first-order valence-electron chi connectivity index (χ1n) is 18.0. The molecule has 0 radical (unpaired) electrons. The predicted octanol–water partition coefficient (Wildman–Crippen LogP) is 6.51. The van der Waals surface area contributed by atoms with E-state index in [0.717, 1.165) is 44.3 Å². The molecule has 0 aromatic carbocycles. The highest BCUT2D eigenvalue weighted by molar-refractivity contribution is 7.99. The van der Waals surface area contributed by atoms with Crippen LogP contribution in [0.3, 0.4) is 0 Å². The van der Waals surface area contributed by atoms with Gasteiger partial charge < -0.3 is 24.6 Å². The van der Waals surface area contributed by atoms with Gasteiger partial charge in [-0.15, -0.1) is 0 Å². The summed E-state index contributed by atoms with van der Waals surface area (Å²) in [7, 11) is 0. The lowest BCUT2D eigenvalue weighted by molar-refractivity contribution is -0.191. The van der Waals surface area contributed by atoms with Crippen molar-refractivity contribution in [2.45, 2.75) is 156 Å². The van der Waals surface area contributed by atoms with Gasteiger partial charge in [0, 0.05) is 37.7 Å². The van der Waals surface area contributed by atoms with Crippen LogP contribution in [0, 0.1) is 5.41 Å². The Hall–Kier alpha value is -2.60. The number of rotatable bonds is 30. The van der Waals surface area contributed by atoms with Crippen molar-refractivity contribution >= 4 is 47.3 Å². The third-order valence-electron chi connectivity index (χ3n) is 7.30. The van der Waals surface area contributed by atoms with E-state index in [9.17, 15) is 24.0 Å². The normalized spacial score (nSPS) is 11.9. The van der Waals surface area contributed by atoms with E-state index in [1.165, 1.54) is 31.4 Å². The number of nitrogens with one attached hydrogen (secondary N) is 1.